The molecule has 1 atom stereocenters. The van der Waals surface area contributed by atoms with Crippen molar-refractivity contribution in [3.8, 4) is 5.75 Å². The average molecular weight is 208 g/mol. The van der Waals surface area contributed by atoms with Crippen molar-refractivity contribution < 1.29 is 5.11 Å². The molecule has 5 N–H and O–H groups in total. The summed E-state index contributed by atoms with van der Waals surface area (Å²) in [5.74, 6) is 0.741. The van der Waals surface area contributed by atoms with E-state index in [0.717, 1.165) is 18.4 Å². The summed E-state index contributed by atoms with van der Waals surface area (Å²) in [4.78, 5) is 0. The van der Waals surface area contributed by atoms with E-state index < -0.39 is 0 Å². The molecule has 0 heterocycles. The molecule has 3 heteroatoms. The topological polar surface area (TPSA) is 72.3 Å². The minimum absolute atomic E-state index is 0.135. The first-order valence-electron chi connectivity index (χ1n) is 5.32. The molecule has 0 aliphatic heterocycles. The minimum Gasteiger partial charge on any atom is -0.506 e. The van der Waals surface area contributed by atoms with Crippen LogP contribution in [-0.2, 0) is 6.42 Å². The van der Waals surface area contributed by atoms with Gasteiger partial charge in [0.15, 0.2) is 0 Å². The van der Waals surface area contributed by atoms with Crippen LogP contribution in [0.1, 0.15) is 25.8 Å². The maximum atomic E-state index is 9.27. The van der Waals surface area contributed by atoms with E-state index in [1.54, 1.807) is 12.1 Å². The van der Waals surface area contributed by atoms with Crippen LogP contribution in [0.25, 0.3) is 0 Å². The molecular formula is C12H20N2O. The Morgan fingerprint density at radius 2 is 2.00 bits per heavy atom. The van der Waals surface area contributed by atoms with E-state index in [1.165, 1.54) is 0 Å². The number of aromatic hydroxyl groups is 1. The van der Waals surface area contributed by atoms with Crippen molar-refractivity contribution in [1.29, 1.82) is 0 Å². The van der Waals surface area contributed by atoms with Gasteiger partial charge in [-0.05, 0) is 36.5 Å². The number of nitrogens with two attached hydrogens (primary N) is 2. The summed E-state index contributed by atoms with van der Waals surface area (Å²) in [5.41, 5.74) is 13.1. The third-order valence-electron chi connectivity index (χ3n) is 2.36. The molecule has 0 aromatic heterocycles. The van der Waals surface area contributed by atoms with Crippen molar-refractivity contribution in [1.82, 2.24) is 0 Å². The SMILES string of the molecule is CC(C)CC(N)Cc1ccc(O)c(N)c1. The highest BCUT2D eigenvalue weighted by atomic mass is 16.3. The summed E-state index contributed by atoms with van der Waals surface area (Å²) in [6.07, 6.45) is 1.81. The van der Waals surface area contributed by atoms with Crippen LogP contribution in [0.4, 0.5) is 5.69 Å². The first kappa shape index (κ1) is 11.9. The molecule has 0 bridgehead atoms. The van der Waals surface area contributed by atoms with Crippen LogP contribution < -0.4 is 11.5 Å². The Labute approximate surface area is 91.1 Å². The Hall–Kier alpha value is -1.22. The van der Waals surface area contributed by atoms with Gasteiger partial charge in [-0.1, -0.05) is 19.9 Å². The van der Waals surface area contributed by atoms with E-state index in [9.17, 15) is 5.11 Å². The van der Waals surface area contributed by atoms with Gasteiger partial charge in [-0.25, -0.2) is 0 Å². The average Bonchev–Trinajstić information content (AvgIpc) is 2.10. The van der Waals surface area contributed by atoms with E-state index >= 15 is 0 Å². The van der Waals surface area contributed by atoms with Gasteiger partial charge in [0.05, 0.1) is 5.69 Å². The number of hydrogen-bond acceptors (Lipinski definition) is 3. The second-order valence-corrected chi connectivity index (χ2v) is 4.49. The van der Waals surface area contributed by atoms with E-state index in [4.69, 9.17) is 11.5 Å². The predicted octanol–water partition coefficient (Wildman–Crippen LogP) is 1.89. The molecule has 3 nitrogen and oxygen atoms in total. The van der Waals surface area contributed by atoms with Crippen molar-refractivity contribution in [2.75, 3.05) is 5.73 Å². The van der Waals surface area contributed by atoms with Gasteiger partial charge < -0.3 is 16.6 Å². The molecule has 15 heavy (non-hydrogen) atoms. The van der Waals surface area contributed by atoms with Crippen molar-refractivity contribution in [2.24, 2.45) is 11.7 Å². The molecule has 1 aromatic carbocycles. The van der Waals surface area contributed by atoms with Crippen molar-refractivity contribution in [3.63, 3.8) is 0 Å². The molecule has 1 aromatic rings. The first-order chi connectivity index (χ1) is 6.99. The zero-order valence-corrected chi connectivity index (χ0v) is 9.40. The number of phenols is 1. The predicted molar refractivity (Wildman–Crippen MR) is 63.7 cm³/mol. The van der Waals surface area contributed by atoms with Crippen LogP contribution in [0, 0.1) is 5.92 Å². The lowest BCUT2D eigenvalue weighted by Gasteiger charge is -2.14. The lowest BCUT2D eigenvalue weighted by Crippen LogP contribution is -2.24. The van der Waals surface area contributed by atoms with Gasteiger partial charge in [0.2, 0.25) is 0 Å². The molecule has 0 radical (unpaired) electrons. The normalized spacial score (nSPS) is 13.1. The standard InChI is InChI=1S/C12H20N2O/c1-8(2)5-10(13)6-9-3-4-12(15)11(14)7-9/h3-4,7-8,10,15H,5-6,13-14H2,1-2H3. The largest absolute Gasteiger partial charge is 0.506 e. The fraction of sp³-hybridized carbons (Fsp3) is 0.500. The van der Waals surface area contributed by atoms with E-state index in [2.05, 4.69) is 13.8 Å². The zero-order chi connectivity index (χ0) is 11.4. The van der Waals surface area contributed by atoms with Crippen LogP contribution in [-0.4, -0.2) is 11.1 Å². The fourth-order valence-corrected chi connectivity index (χ4v) is 1.72. The molecule has 0 aliphatic rings. The fourth-order valence-electron chi connectivity index (χ4n) is 1.72. The lowest BCUT2D eigenvalue weighted by atomic mass is 9.98. The number of hydrogen-bond donors (Lipinski definition) is 3. The molecule has 1 unspecified atom stereocenters. The maximum absolute atomic E-state index is 9.27. The van der Waals surface area contributed by atoms with Crippen molar-refractivity contribution >= 4 is 5.69 Å². The van der Waals surface area contributed by atoms with Crippen LogP contribution in [0.5, 0.6) is 5.75 Å². The Bertz CT molecular complexity index is 323. The highest BCUT2D eigenvalue weighted by molar-refractivity contribution is 5.53. The summed E-state index contributed by atoms with van der Waals surface area (Å²) in [7, 11) is 0. The van der Waals surface area contributed by atoms with Crippen LogP contribution in [0.2, 0.25) is 0 Å². The monoisotopic (exact) mass is 208 g/mol. The zero-order valence-electron chi connectivity index (χ0n) is 9.40. The van der Waals surface area contributed by atoms with E-state index in [0.29, 0.717) is 11.6 Å². The quantitative estimate of drug-likeness (QED) is 0.522. The van der Waals surface area contributed by atoms with Crippen molar-refractivity contribution in [3.05, 3.63) is 23.8 Å². The van der Waals surface area contributed by atoms with Crippen LogP contribution in [0.3, 0.4) is 0 Å². The Morgan fingerprint density at radius 1 is 1.33 bits per heavy atom. The minimum atomic E-state index is 0.135. The number of nitrogen functional groups attached to an aromatic ring is 1. The van der Waals surface area contributed by atoms with Crippen LogP contribution >= 0.6 is 0 Å². The molecule has 84 valence electrons. The van der Waals surface area contributed by atoms with Gasteiger partial charge in [-0.2, -0.15) is 0 Å². The molecule has 0 aliphatic carbocycles. The maximum Gasteiger partial charge on any atom is 0.138 e. The lowest BCUT2D eigenvalue weighted by molar-refractivity contribution is 0.476. The van der Waals surface area contributed by atoms with Gasteiger partial charge in [0, 0.05) is 6.04 Å². The van der Waals surface area contributed by atoms with Gasteiger partial charge in [-0.15, -0.1) is 0 Å². The summed E-state index contributed by atoms with van der Waals surface area (Å²) in [6.45, 7) is 4.32. The smallest absolute Gasteiger partial charge is 0.138 e. The Kier molecular flexibility index (Phi) is 3.97. The number of phenolic OH excluding ortho intramolecular Hbond substituents is 1. The molecule has 1 rings (SSSR count). The highest BCUT2D eigenvalue weighted by Gasteiger charge is 2.07. The van der Waals surface area contributed by atoms with E-state index in [1.807, 2.05) is 6.07 Å². The molecule has 0 saturated heterocycles. The van der Waals surface area contributed by atoms with E-state index in [-0.39, 0.29) is 11.8 Å². The second-order valence-electron chi connectivity index (χ2n) is 4.49. The van der Waals surface area contributed by atoms with Gasteiger partial charge in [0.1, 0.15) is 5.75 Å². The Balaban J connectivity index is 2.60. The first-order valence-corrected chi connectivity index (χ1v) is 5.32. The van der Waals surface area contributed by atoms with Gasteiger partial charge in [0.25, 0.3) is 0 Å². The molecule has 0 fully saturated rings. The summed E-state index contributed by atoms with van der Waals surface area (Å²) >= 11 is 0. The number of anilines is 1. The summed E-state index contributed by atoms with van der Waals surface area (Å²) in [6, 6.07) is 5.43. The third kappa shape index (κ3) is 3.80. The van der Waals surface area contributed by atoms with Gasteiger partial charge >= 0.3 is 0 Å². The summed E-state index contributed by atoms with van der Waals surface area (Å²) < 4.78 is 0. The molecule has 0 saturated carbocycles. The summed E-state index contributed by atoms with van der Waals surface area (Å²) in [5, 5.41) is 9.27. The number of benzene rings is 1. The molecule has 0 spiro atoms. The highest BCUT2D eigenvalue weighted by Crippen LogP contribution is 2.21. The third-order valence-corrected chi connectivity index (χ3v) is 2.36. The molecular weight excluding hydrogens is 188 g/mol. The molecule has 0 amide bonds. The van der Waals surface area contributed by atoms with Gasteiger partial charge in [-0.3, -0.25) is 0 Å². The Morgan fingerprint density at radius 3 is 2.53 bits per heavy atom. The second kappa shape index (κ2) is 5.03. The van der Waals surface area contributed by atoms with Crippen LogP contribution in [0.15, 0.2) is 18.2 Å². The number of rotatable bonds is 4. The van der Waals surface area contributed by atoms with Crippen molar-refractivity contribution in [2.45, 2.75) is 32.7 Å².